The van der Waals surface area contributed by atoms with E-state index in [1.54, 1.807) is 13.3 Å². The second kappa shape index (κ2) is 7.57. The number of ether oxygens (including phenoxy) is 1. The molecule has 1 saturated heterocycles. The van der Waals surface area contributed by atoms with E-state index >= 15 is 0 Å². The van der Waals surface area contributed by atoms with Gasteiger partial charge in [0, 0.05) is 19.2 Å². The normalized spacial score (nSPS) is 20.0. The number of carbonyl (C=O) groups is 1. The number of halogens is 1. The summed E-state index contributed by atoms with van der Waals surface area (Å²) in [5.74, 6) is 0.468. The van der Waals surface area contributed by atoms with Gasteiger partial charge >= 0.3 is 0 Å². The molecule has 3 heterocycles. The number of amides is 1. The Labute approximate surface area is 178 Å². The van der Waals surface area contributed by atoms with Gasteiger partial charge in [-0.3, -0.25) is 4.79 Å². The van der Waals surface area contributed by atoms with Gasteiger partial charge < -0.3 is 9.64 Å². The molecule has 0 bridgehead atoms. The van der Waals surface area contributed by atoms with Crippen molar-refractivity contribution in [2.24, 2.45) is 11.8 Å². The van der Waals surface area contributed by atoms with Gasteiger partial charge in [0.25, 0.3) is 5.91 Å². The number of methoxy groups -OCH3 is 1. The van der Waals surface area contributed by atoms with Crippen LogP contribution in [0.2, 0.25) is 0 Å². The van der Waals surface area contributed by atoms with Crippen LogP contribution in [0.15, 0.2) is 42.9 Å². The molecular formula is C22H21FN6O2. The lowest BCUT2D eigenvalue weighted by atomic mass is 9.99. The Hall–Kier alpha value is -3.62. The molecule has 8 nitrogen and oxygen atoms in total. The van der Waals surface area contributed by atoms with Crippen molar-refractivity contribution < 1.29 is 13.9 Å². The zero-order chi connectivity index (χ0) is 21.5. The molecule has 9 heteroatoms. The number of benzene rings is 1. The van der Waals surface area contributed by atoms with Crippen LogP contribution in [0, 0.1) is 24.6 Å². The Morgan fingerprint density at radius 2 is 2.03 bits per heavy atom. The summed E-state index contributed by atoms with van der Waals surface area (Å²) in [6.45, 7) is 3.12. The lowest BCUT2D eigenvalue weighted by Crippen LogP contribution is -2.30. The number of fused-ring (bicyclic) bond motifs is 1. The maximum absolute atomic E-state index is 13.8. The molecule has 5 rings (SSSR count). The van der Waals surface area contributed by atoms with Crippen molar-refractivity contribution in [3.8, 4) is 11.6 Å². The molecule has 2 aliphatic rings. The van der Waals surface area contributed by atoms with Crippen molar-refractivity contribution in [3.05, 3.63) is 65.6 Å². The van der Waals surface area contributed by atoms with Crippen LogP contribution in [0.3, 0.4) is 0 Å². The Bertz CT molecular complexity index is 1180. The average molecular weight is 420 g/mol. The van der Waals surface area contributed by atoms with Gasteiger partial charge in [-0.1, -0.05) is 6.08 Å². The minimum Gasteiger partial charge on any atom is -0.479 e. The number of aromatic nitrogens is 5. The number of nitrogens with zero attached hydrogens (tertiary/aromatic N) is 6. The average Bonchev–Trinajstić information content (AvgIpc) is 3.49. The van der Waals surface area contributed by atoms with Gasteiger partial charge in [0.05, 0.1) is 37.0 Å². The van der Waals surface area contributed by atoms with E-state index in [2.05, 4.69) is 26.2 Å². The van der Waals surface area contributed by atoms with E-state index in [1.807, 2.05) is 11.8 Å². The lowest BCUT2D eigenvalue weighted by molar-refractivity contribution is 0.0784. The maximum Gasteiger partial charge on any atom is 0.256 e. The van der Waals surface area contributed by atoms with Gasteiger partial charge in [-0.2, -0.15) is 15.0 Å². The monoisotopic (exact) mass is 420 g/mol. The quantitative estimate of drug-likeness (QED) is 0.645. The van der Waals surface area contributed by atoms with E-state index in [1.165, 1.54) is 35.4 Å². The highest BCUT2D eigenvalue weighted by molar-refractivity contribution is 5.98. The summed E-state index contributed by atoms with van der Waals surface area (Å²) < 4.78 is 19.2. The van der Waals surface area contributed by atoms with E-state index < -0.39 is 5.82 Å². The number of likely N-dealkylation sites (tertiary alicyclic amines) is 1. The van der Waals surface area contributed by atoms with Crippen molar-refractivity contribution >= 4 is 11.5 Å². The van der Waals surface area contributed by atoms with Crippen molar-refractivity contribution in [1.82, 2.24) is 29.9 Å². The van der Waals surface area contributed by atoms with Gasteiger partial charge in [-0.05, 0) is 42.9 Å². The summed E-state index contributed by atoms with van der Waals surface area (Å²) in [4.78, 5) is 25.3. The molecule has 0 N–H and O–H groups in total. The van der Waals surface area contributed by atoms with Crippen LogP contribution in [0.1, 0.15) is 28.2 Å². The highest BCUT2D eigenvalue weighted by Crippen LogP contribution is 2.42. The smallest absolute Gasteiger partial charge is 0.256 e. The van der Waals surface area contributed by atoms with Crippen LogP contribution in [-0.2, 0) is 0 Å². The predicted octanol–water partition coefficient (Wildman–Crippen LogP) is 2.69. The molecule has 0 radical (unpaired) electrons. The SMILES string of the molecule is COc1ncc(C)nc1C1=CC2CN(C(=O)c3ccc(F)cc3-n3nccn3)CC2C1. The highest BCUT2D eigenvalue weighted by Gasteiger charge is 2.40. The summed E-state index contributed by atoms with van der Waals surface area (Å²) >= 11 is 0. The number of hydrogen-bond acceptors (Lipinski definition) is 6. The fraction of sp³-hybridized carbons (Fsp3) is 0.318. The molecule has 1 aliphatic heterocycles. The molecule has 31 heavy (non-hydrogen) atoms. The first-order valence-corrected chi connectivity index (χ1v) is 10.1. The molecular weight excluding hydrogens is 399 g/mol. The van der Waals surface area contributed by atoms with Crippen LogP contribution < -0.4 is 4.74 Å². The van der Waals surface area contributed by atoms with Gasteiger partial charge in [-0.25, -0.2) is 14.4 Å². The highest BCUT2D eigenvalue weighted by atomic mass is 19.1. The zero-order valence-corrected chi connectivity index (χ0v) is 17.2. The molecule has 0 spiro atoms. The fourth-order valence-electron chi connectivity index (χ4n) is 4.44. The minimum atomic E-state index is -0.442. The topological polar surface area (TPSA) is 86.0 Å². The molecule has 3 aromatic rings. The lowest BCUT2D eigenvalue weighted by Gasteiger charge is -2.19. The molecule has 2 atom stereocenters. The Morgan fingerprint density at radius 1 is 1.23 bits per heavy atom. The number of aryl methyl sites for hydroxylation is 1. The van der Waals surface area contributed by atoms with Gasteiger partial charge in [0.1, 0.15) is 17.2 Å². The van der Waals surface area contributed by atoms with Crippen LogP contribution in [-0.4, -0.2) is 56.0 Å². The Balaban J connectivity index is 1.39. The first-order chi connectivity index (χ1) is 15.0. The van der Waals surface area contributed by atoms with Crippen LogP contribution in [0.4, 0.5) is 4.39 Å². The summed E-state index contributed by atoms with van der Waals surface area (Å²) in [5, 5.41) is 8.11. The fourth-order valence-corrected chi connectivity index (χ4v) is 4.44. The molecule has 2 unspecified atom stereocenters. The molecule has 1 aliphatic carbocycles. The maximum atomic E-state index is 13.8. The third kappa shape index (κ3) is 3.45. The first kappa shape index (κ1) is 19.3. The molecule has 1 fully saturated rings. The molecule has 2 aromatic heterocycles. The number of hydrogen-bond donors (Lipinski definition) is 0. The molecule has 0 saturated carbocycles. The third-order valence-electron chi connectivity index (χ3n) is 5.86. The second-order valence-corrected chi connectivity index (χ2v) is 7.88. The standard InChI is InChI=1S/C22H21FN6O2/c1-13-10-24-21(31-2)20(27-13)14-7-15-11-28(12-16(15)8-14)22(30)18-4-3-17(23)9-19(18)29-25-5-6-26-29/h3-7,9-10,15-16H,8,11-12H2,1-2H3. The summed E-state index contributed by atoms with van der Waals surface area (Å²) in [6.07, 6.45) is 7.67. The molecule has 1 aromatic carbocycles. The Kier molecular flexibility index (Phi) is 4.72. The number of allylic oxidation sites excluding steroid dienone is 1. The van der Waals surface area contributed by atoms with Gasteiger partial charge in [0.15, 0.2) is 0 Å². The molecule has 1 amide bonds. The van der Waals surface area contributed by atoms with E-state index in [4.69, 9.17) is 4.74 Å². The van der Waals surface area contributed by atoms with E-state index in [0.717, 1.165) is 23.4 Å². The predicted molar refractivity (Wildman–Crippen MR) is 110 cm³/mol. The molecule has 158 valence electrons. The number of carbonyl (C=O) groups excluding carboxylic acids is 1. The van der Waals surface area contributed by atoms with Crippen LogP contribution >= 0.6 is 0 Å². The third-order valence-corrected chi connectivity index (χ3v) is 5.86. The van der Waals surface area contributed by atoms with Gasteiger partial charge in [-0.15, -0.1) is 0 Å². The van der Waals surface area contributed by atoms with Crippen LogP contribution in [0.5, 0.6) is 5.88 Å². The van der Waals surface area contributed by atoms with Crippen LogP contribution in [0.25, 0.3) is 11.3 Å². The second-order valence-electron chi connectivity index (χ2n) is 7.88. The van der Waals surface area contributed by atoms with E-state index in [9.17, 15) is 9.18 Å². The Morgan fingerprint density at radius 3 is 2.77 bits per heavy atom. The zero-order valence-electron chi connectivity index (χ0n) is 17.2. The summed E-state index contributed by atoms with van der Waals surface area (Å²) in [6, 6.07) is 4.07. The summed E-state index contributed by atoms with van der Waals surface area (Å²) in [7, 11) is 1.59. The van der Waals surface area contributed by atoms with Crippen molar-refractivity contribution in [1.29, 1.82) is 0 Å². The van der Waals surface area contributed by atoms with Gasteiger partial charge in [0.2, 0.25) is 5.88 Å². The van der Waals surface area contributed by atoms with Crippen molar-refractivity contribution in [2.45, 2.75) is 13.3 Å². The van der Waals surface area contributed by atoms with E-state index in [0.29, 0.717) is 36.1 Å². The van der Waals surface area contributed by atoms with Crippen molar-refractivity contribution in [2.75, 3.05) is 20.2 Å². The van der Waals surface area contributed by atoms with E-state index in [-0.39, 0.29) is 11.8 Å². The largest absolute Gasteiger partial charge is 0.479 e. The number of rotatable bonds is 4. The van der Waals surface area contributed by atoms with Crippen molar-refractivity contribution in [3.63, 3.8) is 0 Å². The summed E-state index contributed by atoms with van der Waals surface area (Å²) in [5.41, 5.74) is 3.44. The minimum absolute atomic E-state index is 0.149. The first-order valence-electron chi connectivity index (χ1n) is 10.1.